The van der Waals surface area contributed by atoms with Gasteiger partial charge in [-0.3, -0.25) is 4.79 Å². The summed E-state index contributed by atoms with van der Waals surface area (Å²) in [6.45, 7) is 3.14. The summed E-state index contributed by atoms with van der Waals surface area (Å²) < 4.78 is 6.35. The van der Waals surface area contributed by atoms with Gasteiger partial charge in [0.1, 0.15) is 23.4 Å². The summed E-state index contributed by atoms with van der Waals surface area (Å²) in [6.07, 6.45) is 7.05. The van der Waals surface area contributed by atoms with Gasteiger partial charge in [0.2, 0.25) is 11.8 Å². The third-order valence-corrected chi connectivity index (χ3v) is 7.15. The maximum absolute atomic E-state index is 11.3. The number of fused-ring (bicyclic) bond motifs is 3. The van der Waals surface area contributed by atoms with Crippen LogP contribution in [0.25, 0.3) is 10.2 Å². The highest BCUT2D eigenvalue weighted by atomic mass is 32.1. The van der Waals surface area contributed by atoms with E-state index in [-0.39, 0.29) is 12.0 Å². The molecule has 0 radical (unpaired) electrons. The number of nitrogens with zero attached hydrogens (tertiary/aromatic N) is 2. The van der Waals surface area contributed by atoms with E-state index >= 15 is 0 Å². The van der Waals surface area contributed by atoms with Crippen molar-refractivity contribution in [2.24, 2.45) is 5.73 Å². The molecule has 2 aromatic heterocycles. The van der Waals surface area contributed by atoms with E-state index in [0.29, 0.717) is 18.3 Å². The van der Waals surface area contributed by atoms with Crippen molar-refractivity contribution in [3.8, 4) is 5.88 Å². The number of carbonyl (C=O) groups is 1. The minimum atomic E-state index is -1.12. The smallest absolute Gasteiger partial charge is 0.246 e. The van der Waals surface area contributed by atoms with Crippen molar-refractivity contribution in [1.82, 2.24) is 15.3 Å². The Bertz CT molecular complexity index is 847. The van der Waals surface area contributed by atoms with Gasteiger partial charge < -0.3 is 20.9 Å². The molecule has 0 spiro atoms. The number of amides is 1. The lowest BCUT2D eigenvalue weighted by Crippen LogP contribution is -2.36. The number of primary amides is 1. The molecule has 152 valence electrons. The monoisotopic (exact) mass is 404 g/mol. The molecule has 28 heavy (non-hydrogen) atoms. The highest BCUT2D eigenvalue weighted by Crippen LogP contribution is 2.47. The van der Waals surface area contributed by atoms with Gasteiger partial charge >= 0.3 is 0 Å². The molecule has 0 unspecified atom stereocenters. The van der Waals surface area contributed by atoms with Crippen LogP contribution < -0.4 is 15.8 Å². The number of aliphatic hydroxyl groups is 1. The van der Waals surface area contributed by atoms with E-state index in [2.05, 4.69) is 22.2 Å². The zero-order chi connectivity index (χ0) is 19.7. The van der Waals surface area contributed by atoms with Crippen molar-refractivity contribution in [3.63, 3.8) is 0 Å². The van der Waals surface area contributed by atoms with Gasteiger partial charge in [0.25, 0.3) is 0 Å². The molecule has 0 aliphatic heterocycles. The number of hydrogen-bond donors (Lipinski definition) is 3. The quantitative estimate of drug-likeness (QED) is 0.653. The number of carbonyl (C=O) groups excluding carboxylic acids is 1. The molecule has 4 N–H and O–H groups in total. The van der Waals surface area contributed by atoms with Crippen LogP contribution in [0.2, 0.25) is 0 Å². The third kappa shape index (κ3) is 3.86. The summed E-state index contributed by atoms with van der Waals surface area (Å²) in [5.41, 5.74) is 6.42. The second-order valence-corrected chi connectivity index (χ2v) is 8.92. The Morgan fingerprint density at radius 2 is 2.14 bits per heavy atom. The third-order valence-electron chi connectivity index (χ3n) is 5.98. The topological polar surface area (TPSA) is 110 Å². The van der Waals surface area contributed by atoms with Gasteiger partial charge in [0.05, 0.1) is 5.39 Å². The molecule has 0 aromatic carbocycles. The summed E-state index contributed by atoms with van der Waals surface area (Å²) in [5, 5.41) is 14.5. The van der Waals surface area contributed by atoms with Gasteiger partial charge in [-0.15, -0.1) is 11.3 Å². The van der Waals surface area contributed by atoms with Gasteiger partial charge in [0, 0.05) is 10.9 Å². The maximum atomic E-state index is 11.3. The number of aromatic nitrogens is 2. The lowest BCUT2D eigenvalue weighted by molar-refractivity contribution is -0.126. The molecular formula is C20H28N4O3S. The predicted molar refractivity (Wildman–Crippen MR) is 109 cm³/mol. The summed E-state index contributed by atoms with van der Waals surface area (Å²) >= 11 is 1.67. The molecular weight excluding hydrogens is 376 g/mol. The lowest BCUT2D eigenvalue weighted by Gasteiger charge is -2.29. The number of aliphatic hydroxyl groups excluding tert-OH is 1. The van der Waals surface area contributed by atoms with E-state index < -0.39 is 12.0 Å². The first-order valence-electron chi connectivity index (χ1n) is 10.2. The first-order valence-corrected chi connectivity index (χ1v) is 11.0. The molecule has 0 saturated heterocycles. The van der Waals surface area contributed by atoms with Gasteiger partial charge in [-0.2, -0.15) is 0 Å². The van der Waals surface area contributed by atoms with Crippen molar-refractivity contribution >= 4 is 27.5 Å². The molecule has 7 nitrogen and oxygen atoms in total. The largest absolute Gasteiger partial charge is 0.474 e. The van der Waals surface area contributed by atoms with Crippen LogP contribution >= 0.6 is 11.3 Å². The minimum absolute atomic E-state index is 0.0871. The zero-order valence-corrected chi connectivity index (χ0v) is 17.0. The highest BCUT2D eigenvalue weighted by Gasteiger charge is 2.33. The Balaban J connectivity index is 1.56. The zero-order valence-electron chi connectivity index (χ0n) is 16.2. The van der Waals surface area contributed by atoms with Crippen LogP contribution in [0.4, 0.5) is 0 Å². The average Bonchev–Trinajstić information content (AvgIpc) is 3.23. The number of rotatable bonds is 7. The molecule has 8 heteroatoms. The minimum Gasteiger partial charge on any atom is -0.474 e. The molecule has 1 amide bonds. The fourth-order valence-electron chi connectivity index (χ4n) is 4.58. The van der Waals surface area contributed by atoms with Crippen LogP contribution in [-0.4, -0.2) is 45.8 Å². The number of aryl methyl sites for hydroxylation is 1. The van der Waals surface area contributed by atoms with E-state index in [1.165, 1.54) is 4.88 Å². The standard InChI is InChI=1S/C20H28N4O3S/c1-2-22-12-4-6-13(7-5-12)27-19-17-16-11(9-14(25)18(21)26)3-8-15(16)28-20(17)24-10-23-19/h10-14,22,25H,2-9H2,1H3,(H2,21,26)/t11-,12-,13+,14+/m1/s1. The number of hydrogen-bond acceptors (Lipinski definition) is 7. The lowest BCUT2D eigenvalue weighted by atomic mass is 9.92. The van der Waals surface area contributed by atoms with E-state index in [0.717, 1.165) is 60.8 Å². The Kier molecular flexibility index (Phi) is 5.80. The second kappa shape index (κ2) is 8.31. The molecule has 0 bridgehead atoms. The van der Waals surface area contributed by atoms with Crippen LogP contribution in [0, 0.1) is 0 Å². The summed E-state index contributed by atoms with van der Waals surface area (Å²) in [6, 6.07) is 0.584. The number of nitrogens with two attached hydrogens (primary N) is 1. The molecule has 4 rings (SSSR count). The molecule has 2 atom stereocenters. The van der Waals surface area contributed by atoms with E-state index in [4.69, 9.17) is 10.5 Å². The van der Waals surface area contributed by atoms with Crippen LogP contribution in [0.3, 0.4) is 0 Å². The number of ether oxygens (including phenoxy) is 1. The summed E-state index contributed by atoms with van der Waals surface area (Å²) in [4.78, 5) is 22.4. The van der Waals surface area contributed by atoms with Crippen LogP contribution in [0.15, 0.2) is 6.33 Å². The molecule has 2 aromatic rings. The molecule has 2 aliphatic carbocycles. The highest BCUT2D eigenvalue weighted by molar-refractivity contribution is 7.19. The van der Waals surface area contributed by atoms with Crippen LogP contribution in [0.1, 0.15) is 61.8 Å². The Labute approximate surface area is 168 Å². The van der Waals surface area contributed by atoms with Crippen molar-refractivity contribution in [1.29, 1.82) is 0 Å². The second-order valence-electron chi connectivity index (χ2n) is 7.84. The first-order chi connectivity index (χ1) is 13.6. The van der Waals surface area contributed by atoms with Gasteiger partial charge in [-0.25, -0.2) is 9.97 Å². The fourth-order valence-corrected chi connectivity index (χ4v) is 5.81. The molecule has 2 heterocycles. The number of nitrogens with one attached hydrogen (secondary N) is 1. The van der Waals surface area contributed by atoms with Gasteiger partial charge in [-0.05, 0) is 63.0 Å². The van der Waals surface area contributed by atoms with Crippen LogP contribution in [0.5, 0.6) is 5.88 Å². The molecule has 1 fully saturated rings. The SMILES string of the molecule is CCN[C@H]1CC[C@@H](Oc2ncnc3sc4c(c23)[C@@H](C[C@H](O)C(N)=O)CC4)CC1. The number of thiophene rings is 1. The Morgan fingerprint density at radius 3 is 2.86 bits per heavy atom. The van der Waals surface area contributed by atoms with E-state index in [9.17, 15) is 9.90 Å². The van der Waals surface area contributed by atoms with E-state index in [1.54, 1.807) is 17.7 Å². The van der Waals surface area contributed by atoms with Crippen molar-refractivity contribution in [2.75, 3.05) is 6.54 Å². The molecule has 2 aliphatic rings. The summed E-state index contributed by atoms with van der Waals surface area (Å²) in [5.74, 6) is 0.0668. The summed E-state index contributed by atoms with van der Waals surface area (Å²) in [7, 11) is 0. The maximum Gasteiger partial charge on any atom is 0.246 e. The Hall–Kier alpha value is -1.77. The van der Waals surface area contributed by atoms with Crippen LogP contribution in [-0.2, 0) is 11.2 Å². The van der Waals surface area contributed by atoms with Crippen molar-refractivity contribution in [3.05, 3.63) is 16.8 Å². The fraction of sp³-hybridized carbons (Fsp3) is 0.650. The van der Waals surface area contributed by atoms with Crippen molar-refractivity contribution in [2.45, 2.75) is 76.0 Å². The van der Waals surface area contributed by atoms with Gasteiger partial charge in [0.15, 0.2) is 0 Å². The van der Waals surface area contributed by atoms with Crippen molar-refractivity contribution < 1.29 is 14.6 Å². The predicted octanol–water partition coefficient (Wildman–Crippen LogP) is 2.26. The van der Waals surface area contributed by atoms with E-state index in [1.807, 2.05) is 0 Å². The average molecular weight is 405 g/mol. The Morgan fingerprint density at radius 1 is 1.36 bits per heavy atom. The van der Waals surface area contributed by atoms with Gasteiger partial charge in [-0.1, -0.05) is 6.92 Å². The normalized spacial score (nSPS) is 25.6. The first kappa shape index (κ1) is 19.5. The molecule has 1 saturated carbocycles.